The number of nitrogens with zero attached hydrogens (tertiary/aromatic N) is 2. The molecular weight excluding hydrogens is 328 g/mol. The van der Waals surface area contributed by atoms with E-state index in [1.165, 1.54) is 10.9 Å². The fourth-order valence-corrected chi connectivity index (χ4v) is 3.65. The first-order chi connectivity index (χ1) is 12.6. The zero-order valence-electron chi connectivity index (χ0n) is 15.8. The first kappa shape index (κ1) is 18.7. The molecule has 1 aliphatic rings. The Balaban J connectivity index is 1.45. The second-order valence-electron chi connectivity index (χ2n) is 7.33. The number of rotatable bonds is 6. The lowest BCUT2D eigenvalue weighted by atomic mass is 9.98. The number of carbonyl (C=O) groups is 1. The number of urea groups is 1. The van der Waals surface area contributed by atoms with Gasteiger partial charge in [-0.05, 0) is 50.4 Å². The number of aliphatic hydroxyl groups is 1. The molecule has 142 valence electrons. The summed E-state index contributed by atoms with van der Waals surface area (Å²) >= 11 is 0. The van der Waals surface area contributed by atoms with Gasteiger partial charge in [0.05, 0.1) is 6.54 Å². The fourth-order valence-electron chi connectivity index (χ4n) is 3.65. The number of fused-ring (bicyclic) bond motifs is 1. The van der Waals surface area contributed by atoms with E-state index in [9.17, 15) is 9.90 Å². The van der Waals surface area contributed by atoms with Crippen LogP contribution < -0.4 is 5.32 Å². The zero-order chi connectivity index (χ0) is 18.5. The molecule has 0 unspecified atom stereocenters. The lowest BCUT2D eigenvalue weighted by Gasteiger charge is -2.31. The van der Waals surface area contributed by atoms with Gasteiger partial charge in [0.25, 0.3) is 0 Å². The van der Waals surface area contributed by atoms with Crippen molar-refractivity contribution in [3.8, 4) is 0 Å². The minimum atomic E-state index is -0.0479. The first-order valence-electron chi connectivity index (χ1n) is 9.47. The average molecular weight is 358 g/mol. The molecule has 0 radical (unpaired) electrons. The Morgan fingerprint density at radius 1 is 1.35 bits per heavy atom. The second-order valence-corrected chi connectivity index (χ2v) is 7.33. The summed E-state index contributed by atoms with van der Waals surface area (Å²) in [4.78, 5) is 19.9. The van der Waals surface area contributed by atoms with Crippen molar-refractivity contribution in [3.05, 3.63) is 35.5 Å². The van der Waals surface area contributed by atoms with Crippen LogP contribution in [0.25, 0.3) is 10.9 Å². The summed E-state index contributed by atoms with van der Waals surface area (Å²) in [7, 11) is 1.83. The van der Waals surface area contributed by atoms with Gasteiger partial charge >= 0.3 is 6.03 Å². The highest BCUT2D eigenvalue weighted by molar-refractivity contribution is 5.84. The number of aryl methyl sites for hydroxylation is 1. The highest BCUT2D eigenvalue weighted by Gasteiger charge is 2.18. The predicted octanol–water partition coefficient (Wildman–Crippen LogP) is 2.32. The molecule has 1 aromatic heterocycles. The maximum atomic E-state index is 12.4. The molecule has 0 spiro atoms. The third-order valence-corrected chi connectivity index (χ3v) is 5.48. The number of benzene rings is 1. The third-order valence-electron chi connectivity index (χ3n) is 5.48. The standard InChI is InChI=1S/C20H30N4O2/c1-15-17-5-3-4-6-18(17)22-19(15)13-23(2)20(26)21-9-12-24-10-7-16(14-25)8-11-24/h3-6,16,22,25H,7-14H2,1-2H3,(H,21,26). The molecule has 1 aliphatic heterocycles. The summed E-state index contributed by atoms with van der Waals surface area (Å²) in [5, 5.41) is 13.4. The molecule has 2 heterocycles. The SMILES string of the molecule is Cc1c(CN(C)C(=O)NCCN2CCC(CO)CC2)[nH]c2ccccc12. The zero-order valence-corrected chi connectivity index (χ0v) is 15.8. The number of hydrogen-bond acceptors (Lipinski definition) is 3. The molecule has 1 aromatic carbocycles. The normalized spacial score (nSPS) is 16.1. The van der Waals surface area contributed by atoms with E-state index < -0.39 is 0 Å². The molecule has 2 amide bonds. The van der Waals surface area contributed by atoms with Crippen LogP contribution in [-0.2, 0) is 6.54 Å². The number of H-pyrrole nitrogens is 1. The number of carbonyl (C=O) groups excluding carboxylic acids is 1. The summed E-state index contributed by atoms with van der Waals surface area (Å²) in [5.74, 6) is 0.450. The number of aromatic amines is 1. The van der Waals surface area contributed by atoms with Gasteiger partial charge in [-0.2, -0.15) is 0 Å². The van der Waals surface area contributed by atoms with Crippen molar-refractivity contribution in [1.29, 1.82) is 0 Å². The molecule has 3 N–H and O–H groups in total. The van der Waals surface area contributed by atoms with Gasteiger partial charge in [-0.25, -0.2) is 4.79 Å². The molecule has 6 heteroatoms. The van der Waals surface area contributed by atoms with E-state index >= 15 is 0 Å². The van der Waals surface area contributed by atoms with Crippen molar-refractivity contribution in [1.82, 2.24) is 20.1 Å². The second kappa shape index (κ2) is 8.56. The van der Waals surface area contributed by atoms with Crippen LogP contribution in [0.2, 0.25) is 0 Å². The molecule has 0 saturated carbocycles. The number of aromatic nitrogens is 1. The molecule has 26 heavy (non-hydrogen) atoms. The van der Waals surface area contributed by atoms with Gasteiger partial charge in [0, 0.05) is 43.3 Å². The van der Waals surface area contributed by atoms with Crippen molar-refractivity contribution in [3.63, 3.8) is 0 Å². The lowest BCUT2D eigenvalue weighted by Crippen LogP contribution is -2.43. The third kappa shape index (κ3) is 4.37. The van der Waals surface area contributed by atoms with Crippen molar-refractivity contribution in [2.24, 2.45) is 5.92 Å². The topological polar surface area (TPSA) is 71.6 Å². The van der Waals surface area contributed by atoms with Gasteiger partial charge in [-0.3, -0.25) is 0 Å². The number of amides is 2. The van der Waals surface area contributed by atoms with E-state index in [1.807, 2.05) is 19.2 Å². The van der Waals surface area contributed by atoms with E-state index in [-0.39, 0.29) is 6.03 Å². The minimum absolute atomic E-state index is 0.0479. The number of aliphatic hydroxyl groups excluding tert-OH is 1. The van der Waals surface area contributed by atoms with Gasteiger partial charge in [-0.15, -0.1) is 0 Å². The molecule has 1 saturated heterocycles. The molecule has 1 fully saturated rings. The number of piperidine rings is 1. The van der Waals surface area contributed by atoms with E-state index in [1.54, 1.807) is 4.90 Å². The van der Waals surface area contributed by atoms with Gasteiger partial charge in [0.15, 0.2) is 0 Å². The molecule has 6 nitrogen and oxygen atoms in total. The molecular formula is C20H30N4O2. The molecule has 0 aliphatic carbocycles. The van der Waals surface area contributed by atoms with Gasteiger partial charge in [-0.1, -0.05) is 18.2 Å². The molecule has 0 atom stereocenters. The largest absolute Gasteiger partial charge is 0.396 e. The molecule has 0 bridgehead atoms. The van der Waals surface area contributed by atoms with Crippen LogP contribution >= 0.6 is 0 Å². The first-order valence-corrected chi connectivity index (χ1v) is 9.47. The summed E-state index contributed by atoms with van der Waals surface area (Å²) in [6.07, 6.45) is 2.09. The van der Waals surface area contributed by atoms with Crippen LogP contribution in [0.3, 0.4) is 0 Å². The highest BCUT2D eigenvalue weighted by Crippen LogP contribution is 2.22. The van der Waals surface area contributed by atoms with Gasteiger partial charge in [0.2, 0.25) is 0 Å². The summed E-state index contributed by atoms with van der Waals surface area (Å²) in [6, 6.07) is 8.17. The Hall–Kier alpha value is -2.05. The molecule has 2 aromatic rings. The maximum absolute atomic E-state index is 12.4. The quantitative estimate of drug-likeness (QED) is 0.742. The van der Waals surface area contributed by atoms with Crippen molar-refractivity contribution < 1.29 is 9.90 Å². The van der Waals surface area contributed by atoms with Gasteiger partial charge < -0.3 is 25.2 Å². The summed E-state index contributed by atoms with van der Waals surface area (Å²) < 4.78 is 0. The van der Waals surface area contributed by atoms with Crippen LogP contribution in [0.1, 0.15) is 24.1 Å². The van der Waals surface area contributed by atoms with E-state index in [0.717, 1.165) is 43.7 Å². The smallest absolute Gasteiger partial charge is 0.317 e. The van der Waals surface area contributed by atoms with Crippen molar-refractivity contribution in [2.75, 3.05) is 39.8 Å². The number of nitrogens with one attached hydrogen (secondary N) is 2. The Morgan fingerprint density at radius 3 is 2.77 bits per heavy atom. The molecule has 3 rings (SSSR count). The van der Waals surface area contributed by atoms with Crippen LogP contribution in [-0.4, -0.2) is 65.8 Å². The lowest BCUT2D eigenvalue weighted by molar-refractivity contribution is 0.132. The number of likely N-dealkylation sites (tertiary alicyclic amines) is 1. The summed E-state index contributed by atoms with van der Waals surface area (Å²) in [6.45, 7) is 6.48. The Morgan fingerprint density at radius 2 is 2.08 bits per heavy atom. The van der Waals surface area contributed by atoms with Crippen LogP contribution in [0.15, 0.2) is 24.3 Å². The highest BCUT2D eigenvalue weighted by atomic mass is 16.3. The summed E-state index contributed by atoms with van der Waals surface area (Å²) in [5.41, 5.74) is 3.39. The minimum Gasteiger partial charge on any atom is -0.396 e. The van der Waals surface area contributed by atoms with Crippen molar-refractivity contribution >= 4 is 16.9 Å². The van der Waals surface area contributed by atoms with Crippen LogP contribution in [0, 0.1) is 12.8 Å². The predicted molar refractivity (Wildman–Crippen MR) is 104 cm³/mol. The number of para-hydroxylation sites is 1. The monoisotopic (exact) mass is 358 g/mol. The fraction of sp³-hybridized carbons (Fsp3) is 0.550. The van der Waals surface area contributed by atoms with E-state index in [2.05, 4.69) is 34.3 Å². The van der Waals surface area contributed by atoms with E-state index in [0.29, 0.717) is 25.6 Å². The Bertz CT molecular complexity index is 734. The van der Waals surface area contributed by atoms with Crippen LogP contribution in [0.5, 0.6) is 0 Å². The number of hydrogen-bond donors (Lipinski definition) is 3. The average Bonchev–Trinajstić information content (AvgIpc) is 2.98. The Kier molecular flexibility index (Phi) is 6.16. The van der Waals surface area contributed by atoms with Gasteiger partial charge in [0.1, 0.15) is 0 Å². The van der Waals surface area contributed by atoms with Crippen LogP contribution in [0.4, 0.5) is 4.79 Å². The Labute approximate surface area is 155 Å². The van der Waals surface area contributed by atoms with E-state index in [4.69, 9.17) is 0 Å². The maximum Gasteiger partial charge on any atom is 0.317 e. The van der Waals surface area contributed by atoms with Crippen molar-refractivity contribution in [2.45, 2.75) is 26.3 Å².